The first-order chi connectivity index (χ1) is 4.87. The minimum atomic E-state index is -1.30. The molecule has 0 aromatic carbocycles. The molecule has 0 heterocycles. The van der Waals surface area contributed by atoms with E-state index in [2.05, 4.69) is 40.4 Å². The first-order valence-corrected chi connectivity index (χ1v) is 7.95. The van der Waals surface area contributed by atoms with Gasteiger partial charge in [-0.3, -0.25) is 0 Å². The van der Waals surface area contributed by atoms with Crippen LogP contribution in [-0.4, -0.2) is 14.4 Å². The fourth-order valence-corrected chi connectivity index (χ4v) is 2.35. The fourth-order valence-electron chi connectivity index (χ4n) is 1.01. The molecule has 11 heavy (non-hydrogen) atoms. The third-order valence-electron chi connectivity index (χ3n) is 1.98. The maximum absolute atomic E-state index is 5.93. The molecule has 0 aromatic rings. The minimum absolute atomic E-state index is 0.437. The van der Waals surface area contributed by atoms with Crippen LogP contribution in [0, 0.1) is 5.92 Å². The molecule has 0 radical (unpaired) electrons. The molecule has 1 nitrogen and oxygen atoms in total. The summed E-state index contributed by atoms with van der Waals surface area (Å²) in [7, 11) is -1.30. The summed E-state index contributed by atoms with van der Waals surface area (Å²) in [6, 6.07) is 0. The normalized spacial score (nSPS) is 18.0. The van der Waals surface area contributed by atoms with Crippen LogP contribution in [0.1, 0.15) is 27.2 Å². The number of hydrogen-bond donors (Lipinski definition) is 0. The van der Waals surface area contributed by atoms with Crippen LogP contribution in [0.15, 0.2) is 0 Å². The largest absolute Gasteiger partial charge is 0.415 e. The van der Waals surface area contributed by atoms with Gasteiger partial charge in [0, 0.05) is 6.10 Å². The van der Waals surface area contributed by atoms with Gasteiger partial charge in [0.2, 0.25) is 0 Å². The quantitative estimate of drug-likeness (QED) is 0.594. The smallest absolute Gasteiger partial charge is 0.184 e. The van der Waals surface area contributed by atoms with E-state index in [1.165, 1.54) is 6.42 Å². The molecule has 0 saturated heterocycles. The van der Waals surface area contributed by atoms with Gasteiger partial charge in [-0.1, -0.05) is 20.3 Å². The zero-order valence-electron chi connectivity index (χ0n) is 8.77. The molecule has 0 spiro atoms. The molecule has 2 atom stereocenters. The summed E-state index contributed by atoms with van der Waals surface area (Å²) in [5, 5.41) is 0. The highest BCUT2D eigenvalue weighted by Gasteiger charge is 2.20. The van der Waals surface area contributed by atoms with E-state index in [4.69, 9.17) is 4.43 Å². The molecular formula is C9H22OSi. The summed E-state index contributed by atoms with van der Waals surface area (Å²) in [5.41, 5.74) is 0. The van der Waals surface area contributed by atoms with Crippen molar-refractivity contribution in [3.8, 4) is 0 Å². The van der Waals surface area contributed by atoms with Crippen LogP contribution in [0.4, 0.5) is 0 Å². The van der Waals surface area contributed by atoms with E-state index >= 15 is 0 Å². The molecule has 0 N–H and O–H groups in total. The van der Waals surface area contributed by atoms with Crippen molar-refractivity contribution in [2.45, 2.75) is 52.9 Å². The molecule has 2 unspecified atom stereocenters. The highest BCUT2D eigenvalue weighted by molar-refractivity contribution is 6.69. The summed E-state index contributed by atoms with van der Waals surface area (Å²) in [6.45, 7) is 13.4. The van der Waals surface area contributed by atoms with Gasteiger partial charge in [-0.15, -0.1) is 0 Å². The Morgan fingerprint density at radius 1 is 1.18 bits per heavy atom. The highest BCUT2D eigenvalue weighted by Crippen LogP contribution is 2.15. The lowest BCUT2D eigenvalue weighted by Crippen LogP contribution is -2.33. The van der Waals surface area contributed by atoms with E-state index in [0.29, 0.717) is 12.0 Å². The SMILES string of the molecule is CCC(C)C(C)O[Si](C)(C)C. The van der Waals surface area contributed by atoms with Crippen molar-refractivity contribution in [3.63, 3.8) is 0 Å². The Hall–Kier alpha value is 0.177. The standard InChI is InChI=1S/C9H22OSi/c1-7-8(2)9(3)10-11(4,5)6/h8-9H,7H2,1-6H3. The summed E-state index contributed by atoms with van der Waals surface area (Å²) >= 11 is 0. The van der Waals surface area contributed by atoms with Gasteiger partial charge in [-0.2, -0.15) is 0 Å². The highest BCUT2D eigenvalue weighted by atomic mass is 28.4. The fraction of sp³-hybridized carbons (Fsp3) is 1.00. The monoisotopic (exact) mass is 174 g/mol. The van der Waals surface area contributed by atoms with E-state index in [1.54, 1.807) is 0 Å². The van der Waals surface area contributed by atoms with E-state index < -0.39 is 8.32 Å². The van der Waals surface area contributed by atoms with Crippen molar-refractivity contribution in [2.75, 3.05) is 0 Å². The lowest BCUT2D eigenvalue weighted by Gasteiger charge is -2.27. The zero-order valence-corrected chi connectivity index (χ0v) is 9.77. The van der Waals surface area contributed by atoms with Gasteiger partial charge in [0.15, 0.2) is 8.32 Å². The van der Waals surface area contributed by atoms with Gasteiger partial charge in [0.1, 0.15) is 0 Å². The Morgan fingerprint density at radius 3 is 1.91 bits per heavy atom. The van der Waals surface area contributed by atoms with E-state index in [1.807, 2.05) is 0 Å². The van der Waals surface area contributed by atoms with Gasteiger partial charge in [0.25, 0.3) is 0 Å². The van der Waals surface area contributed by atoms with Crippen molar-refractivity contribution in [1.29, 1.82) is 0 Å². The molecule has 0 fully saturated rings. The predicted octanol–water partition coefficient (Wildman–Crippen LogP) is 3.27. The molecule has 0 saturated carbocycles. The van der Waals surface area contributed by atoms with Crippen LogP contribution in [0.25, 0.3) is 0 Å². The molecule has 0 rings (SSSR count). The average molecular weight is 174 g/mol. The second-order valence-corrected chi connectivity index (χ2v) is 8.78. The maximum atomic E-state index is 5.93. The van der Waals surface area contributed by atoms with Crippen molar-refractivity contribution < 1.29 is 4.43 Å². The Kier molecular flexibility index (Phi) is 4.33. The molecule has 0 aromatic heterocycles. The maximum Gasteiger partial charge on any atom is 0.184 e. The average Bonchev–Trinajstić information content (AvgIpc) is 1.82. The summed E-state index contributed by atoms with van der Waals surface area (Å²) < 4.78 is 5.93. The molecule has 0 aliphatic heterocycles. The molecule has 0 bridgehead atoms. The Labute approximate surface area is 72.3 Å². The van der Waals surface area contributed by atoms with E-state index in [-0.39, 0.29) is 0 Å². The van der Waals surface area contributed by atoms with Gasteiger partial charge in [0.05, 0.1) is 0 Å². The molecule has 0 aliphatic rings. The molecule has 68 valence electrons. The molecular weight excluding hydrogens is 152 g/mol. The van der Waals surface area contributed by atoms with Crippen molar-refractivity contribution in [2.24, 2.45) is 5.92 Å². The van der Waals surface area contributed by atoms with E-state index in [0.717, 1.165) is 0 Å². The molecule has 0 aliphatic carbocycles. The Bertz CT molecular complexity index is 107. The van der Waals surface area contributed by atoms with Crippen LogP contribution < -0.4 is 0 Å². The van der Waals surface area contributed by atoms with Gasteiger partial charge in [-0.25, -0.2) is 0 Å². The van der Waals surface area contributed by atoms with E-state index in [9.17, 15) is 0 Å². The molecule has 0 amide bonds. The first kappa shape index (κ1) is 11.2. The number of rotatable bonds is 4. The summed E-state index contributed by atoms with van der Waals surface area (Å²) in [6.07, 6.45) is 1.65. The minimum Gasteiger partial charge on any atom is -0.415 e. The van der Waals surface area contributed by atoms with Crippen molar-refractivity contribution >= 4 is 8.32 Å². The third kappa shape index (κ3) is 5.45. The van der Waals surface area contributed by atoms with Gasteiger partial charge < -0.3 is 4.43 Å². The first-order valence-electron chi connectivity index (χ1n) is 4.54. The van der Waals surface area contributed by atoms with Gasteiger partial charge >= 0.3 is 0 Å². The van der Waals surface area contributed by atoms with Crippen LogP contribution >= 0.6 is 0 Å². The second-order valence-electron chi connectivity index (χ2n) is 4.32. The van der Waals surface area contributed by atoms with Gasteiger partial charge in [-0.05, 0) is 32.5 Å². The lowest BCUT2D eigenvalue weighted by atomic mass is 10.0. The summed E-state index contributed by atoms with van der Waals surface area (Å²) in [5.74, 6) is 0.696. The Morgan fingerprint density at radius 2 is 1.64 bits per heavy atom. The van der Waals surface area contributed by atoms with Crippen LogP contribution in [0.2, 0.25) is 19.6 Å². The second kappa shape index (κ2) is 4.26. The van der Waals surface area contributed by atoms with Crippen LogP contribution in [0.3, 0.4) is 0 Å². The summed E-state index contributed by atoms with van der Waals surface area (Å²) in [4.78, 5) is 0. The molecule has 2 heteroatoms. The van der Waals surface area contributed by atoms with Crippen molar-refractivity contribution in [3.05, 3.63) is 0 Å². The Balaban J connectivity index is 3.77. The van der Waals surface area contributed by atoms with Crippen LogP contribution in [0.5, 0.6) is 0 Å². The topological polar surface area (TPSA) is 9.23 Å². The number of hydrogen-bond acceptors (Lipinski definition) is 1. The zero-order chi connectivity index (χ0) is 9.07. The predicted molar refractivity (Wildman–Crippen MR) is 53.3 cm³/mol. The lowest BCUT2D eigenvalue weighted by molar-refractivity contribution is 0.151. The van der Waals surface area contributed by atoms with Crippen LogP contribution in [-0.2, 0) is 4.43 Å². The van der Waals surface area contributed by atoms with Crippen molar-refractivity contribution in [1.82, 2.24) is 0 Å². The third-order valence-corrected chi connectivity index (χ3v) is 3.06.